The lowest BCUT2D eigenvalue weighted by atomic mass is 10.1. The Morgan fingerprint density at radius 1 is 1.42 bits per heavy atom. The third kappa shape index (κ3) is 3.06. The van der Waals surface area contributed by atoms with Gasteiger partial charge in [0.15, 0.2) is 0 Å². The van der Waals surface area contributed by atoms with E-state index in [2.05, 4.69) is 5.32 Å². The summed E-state index contributed by atoms with van der Waals surface area (Å²) in [5.74, 6) is 1.06. The molecule has 3 rings (SSSR count). The number of carbonyl (C=O) groups is 1. The Labute approximate surface area is 112 Å². The summed E-state index contributed by atoms with van der Waals surface area (Å²) in [6.07, 6.45) is 4.76. The molecule has 1 atom stereocenters. The topological polar surface area (TPSA) is 38.3 Å². The summed E-state index contributed by atoms with van der Waals surface area (Å²) in [4.78, 5) is 11.4. The van der Waals surface area contributed by atoms with Crippen molar-refractivity contribution in [3.63, 3.8) is 0 Å². The van der Waals surface area contributed by atoms with E-state index in [0.717, 1.165) is 43.4 Å². The SMILES string of the molecule is O=C(NCCCC1Cc2cc(F)ccc2O1)C1CC1. The maximum Gasteiger partial charge on any atom is 0.223 e. The van der Waals surface area contributed by atoms with Crippen LogP contribution >= 0.6 is 0 Å². The first-order valence-corrected chi connectivity index (χ1v) is 6.95. The van der Waals surface area contributed by atoms with Crippen LogP contribution in [0.5, 0.6) is 5.75 Å². The zero-order valence-corrected chi connectivity index (χ0v) is 10.8. The number of halogens is 1. The number of hydrogen-bond acceptors (Lipinski definition) is 2. The quantitative estimate of drug-likeness (QED) is 0.829. The fourth-order valence-corrected chi connectivity index (χ4v) is 2.48. The summed E-state index contributed by atoms with van der Waals surface area (Å²) < 4.78 is 18.8. The van der Waals surface area contributed by atoms with E-state index in [-0.39, 0.29) is 23.7 Å². The van der Waals surface area contributed by atoms with Gasteiger partial charge in [0.25, 0.3) is 0 Å². The molecular weight excluding hydrogens is 245 g/mol. The second-order valence-electron chi connectivity index (χ2n) is 5.40. The predicted molar refractivity (Wildman–Crippen MR) is 69.5 cm³/mol. The van der Waals surface area contributed by atoms with Crippen LogP contribution in [-0.4, -0.2) is 18.6 Å². The molecule has 0 aromatic heterocycles. The highest BCUT2D eigenvalue weighted by Gasteiger charge is 2.29. The zero-order valence-electron chi connectivity index (χ0n) is 10.8. The molecule has 1 unspecified atom stereocenters. The molecule has 1 saturated carbocycles. The molecule has 1 aromatic rings. The average molecular weight is 263 g/mol. The average Bonchev–Trinajstić information content (AvgIpc) is 3.16. The van der Waals surface area contributed by atoms with E-state index >= 15 is 0 Å². The first kappa shape index (κ1) is 12.5. The third-order valence-corrected chi connectivity index (χ3v) is 3.71. The fraction of sp³-hybridized carbons (Fsp3) is 0.533. The number of carbonyl (C=O) groups excluding carboxylic acids is 1. The van der Waals surface area contributed by atoms with Gasteiger partial charge in [0.2, 0.25) is 5.91 Å². The van der Waals surface area contributed by atoms with Crippen LogP contribution in [0.3, 0.4) is 0 Å². The number of benzene rings is 1. The molecule has 3 nitrogen and oxygen atoms in total. The molecule has 4 heteroatoms. The summed E-state index contributed by atoms with van der Waals surface area (Å²) in [7, 11) is 0. The van der Waals surface area contributed by atoms with Gasteiger partial charge in [-0.15, -0.1) is 0 Å². The predicted octanol–water partition coefficient (Wildman–Crippen LogP) is 2.44. The molecule has 1 aliphatic heterocycles. The molecular formula is C15H18FNO2. The van der Waals surface area contributed by atoms with E-state index in [1.54, 1.807) is 12.1 Å². The highest BCUT2D eigenvalue weighted by Crippen LogP contribution is 2.31. The lowest BCUT2D eigenvalue weighted by Crippen LogP contribution is -2.27. The number of hydrogen-bond donors (Lipinski definition) is 1. The van der Waals surface area contributed by atoms with Crippen LogP contribution in [0.2, 0.25) is 0 Å². The first-order chi connectivity index (χ1) is 9.22. The van der Waals surface area contributed by atoms with Crippen LogP contribution in [-0.2, 0) is 11.2 Å². The summed E-state index contributed by atoms with van der Waals surface area (Å²) in [6, 6.07) is 4.67. The van der Waals surface area contributed by atoms with Gasteiger partial charge < -0.3 is 10.1 Å². The van der Waals surface area contributed by atoms with E-state index < -0.39 is 0 Å². The molecule has 1 aliphatic carbocycles. The smallest absolute Gasteiger partial charge is 0.223 e. The summed E-state index contributed by atoms with van der Waals surface area (Å²) in [5.41, 5.74) is 0.951. The van der Waals surface area contributed by atoms with Crippen molar-refractivity contribution in [2.24, 2.45) is 5.92 Å². The second kappa shape index (κ2) is 5.19. The number of amides is 1. The minimum absolute atomic E-state index is 0.120. The molecule has 0 radical (unpaired) electrons. The van der Waals surface area contributed by atoms with Gasteiger partial charge in [0.1, 0.15) is 17.7 Å². The van der Waals surface area contributed by atoms with Gasteiger partial charge in [0, 0.05) is 24.4 Å². The van der Waals surface area contributed by atoms with Crippen LogP contribution < -0.4 is 10.1 Å². The molecule has 0 saturated heterocycles. The van der Waals surface area contributed by atoms with Crippen LogP contribution in [0, 0.1) is 11.7 Å². The van der Waals surface area contributed by atoms with Crippen LogP contribution in [0.15, 0.2) is 18.2 Å². The Balaban J connectivity index is 1.39. The minimum Gasteiger partial charge on any atom is -0.490 e. The van der Waals surface area contributed by atoms with Crippen LogP contribution in [0.1, 0.15) is 31.2 Å². The van der Waals surface area contributed by atoms with Gasteiger partial charge in [-0.1, -0.05) is 0 Å². The molecule has 2 aliphatic rings. The monoisotopic (exact) mass is 263 g/mol. The van der Waals surface area contributed by atoms with Crippen LogP contribution in [0.25, 0.3) is 0 Å². The van der Waals surface area contributed by atoms with E-state index in [1.807, 2.05) is 0 Å². The molecule has 1 fully saturated rings. The highest BCUT2D eigenvalue weighted by atomic mass is 19.1. The van der Waals surface area contributed by atoms with Gasteiger partial charge >= 0.3 is 0 Å². The van der Waals surface area contributed by atoms with Gasteiger partial charge in [0.05, 0.1) is 0 Å². The Bertz CT molecular complexity index is 485. The van der Waals surface area contributed by atoms with Gasteiger partial charge in [-0.05, 0) is 43.9 Å². The number of ether oxygens (including phenoxy) is 1. The van der Waals surface area contributed by atoms with Crippen molar-refractivity contribution in [3.8, 4) is 5.75 Å². The summed E-state index contributed by atoms with van der Waals surface area (Å²) in [6.45, 7) is 0.708. The molecule has 1 amide bonds. The number of rotatable bonds is 5. The van der Waals surface area contributed by atoms with Gasteiger partial charge in [-0.3, -0.25) is 4.79 Å². The number of fused-ring (bicyclic) bond motifs is 1. The molecule has 1 aromatic carbocycles. The molecule has 102 valence electrons. The molecule has 0 bridgehead atoms. The van der Waals surface area contributed by atoms with Gasteiger partial charge in [-0.2, -0.15) is 0 Å². The fourth-order valence-electron chi connectivity index (χ4n) is 2.48. The maximum absolute atomic E-state index is 13.1. The van der Waals surface area contributed by atoms with E-state index in [1.165, 1.54) is 6.07 Å². The summed E-state index contributed by atoms with van der Waals surface area (Å²) in [5, 5.41) is 2.94. The van der Waals surface area contributed by atoms with Crippen molar-refractivity contribution in [2.75, 3.05) is 6.54 Å². The summed E-state index contributed by atoms with van der Waals surface area (Å²) >= 11 is 0. The van der Waals surface area contributed by atoms with Crippen molar-refractivity contribution in [1.29, 1.82) is 0 Å². The molecule has 0 spiro atoms. The standard InChI is InChI=1S/C15H18FNO2/c16-12-5-6-14-11(8-12)9-13(19-14)2-1-7-17-15(18)10-3-4-10/h5-6,8,10,13H,1-4,7,9H2,(H,17,18). The van der Waals surface area contributed by atoms with E-state index in [4.69, 9.17) is 4.74 Å². The largest absolute Gasteiger partial charge is 0.490 e. The van der Waals surface area contributed by atoms with Crippen molar-refractivity contribution in [3.05, 3.63) is 29.6 Å². The van der Waals surface area contributed by atoms with Gasteiger partial charge in [-0.25, -0.2) is 4.39 Å². The normalized spacial score (nSPS) is 20.8. The lowest BCUT2D eigenvalue weighted by molar-refractivity contribution is -0.122. The molecule has 19 heavy (non-hydrogen) atoms. The van der Waals surface area contributed by atoms with Crippen molar-refractivity contribution in [2.45, 2.75) is 38.2 Å². The highest BCUT2D eigenvalue weighted by molar-refractivity contribution is 5.80. The minimum atomic E-state index is -0.209. The maximum atomic E-state index is 13.1. The number of nitrogens with one attached hydrogen (secondary N) is 1. The van der Waals surface area contributed by atoms with Crippen molar-refractivity contribution < 1.29 is 13.9 Å². The Kier molecular flexibility index (Phi) is 3.40. The first-order valence-electron chi connectivity index (χ1n) is 6.95. The van der Waals surface area contributed by atoms with Crippen molar-refractivity contribution >= 4 is 5.91 Å². The lowest BCUT2D eigenvalue weighted by Gasteiger charge is -2.10. The third-order valence-electron chi connectivity index (χ3n) is 3.71. The Morgan fingerprint density at radius 2 is 2.26 bits per heavy atom. The zero-order chi connectivity index (χ0) is 13.2. The van der Waals surface area contributed by atoms with E-state index in [0.29, 0.717) is 6.54 Å². The second-order valence-corrected chi connectivity index (χ2v) is 5.40. The molecule has 1 N–H and O–H groups in total. The Hall–Kier alpha value is -1.58. The van der Waals surface area contributed by atoms with E-state index in [9.17, 15) is 9.18 Å². The molecule has 1 heterocycles. The van der Waals surface area contributed by atoms with Crippen molar-refractivity contribution in [1.82, 2.24) is 5.32 Å². The van der Waals surface area contributed by atoms with Crippen LogP contribution in [0.4, 0.5) is 4.39 Å². The Morgan fingerprint density at radius 3 is 3.05 bits per heavy atom.